The van der Waals surface area contributed by atoms with E-state index in [2.05, 4.69) is 27.1 Å². The van der Waals surface area contributed by atoms with Gasteiger partial charge in [-0.25, -0.2) is 9.78 Å². The molecule has 1 aliphatic carbocycles. The van der Waals surface area contributed by atoms with E-state index in [1.807, 2.05) is 0 Å². The highest BCUT2D eigenvalue weighted by Crippen LogP contribution is 2.30. The van der Waals surface area contributed by atoms with Gasteiger partial charge in [-0.15, -0.1) is 0 Å². The van der Waals surface area contributed by atoms with Gasteiger partial charge in [-0.3, -0.25) is 4.79 Å². The Kier molecular flexibility index (Phi) is 4.70. The molecule has 7 heteroatoms. The molecule has 1 aromatic heterocycles. The predicted octanol–water partition coefficient (Wildman–Crippen LogP) is 2.42. The first-order valence-electron chi connectivity index (χ1n) is 9.44. The van der Waals surface area contributed by atoms with E-state index in [-0.39, 0.29) is 17.4 Å². The summed E-state index contributed by atoms with van der Waals surface area (Å²) in [5.41, 5.74) is 1.47. The Morgan fingerprint density at radius 1 is 1.15 bits per heavy atom. The summed E-state index contributed by atoms with van der Waals surface area (Å²) in [6.07, 6.45) is 2.95. The second-order valence-electron chi connectivity index (χ2n) is 7.47. The molecular formula is C20H24N4O3. The second kappa shape index (κ2) is 7.15. The zero-order chi connectivity index (χ0) is 19.0. The van der Waals surface area contributed by atoms with Gasteiger partial charge in [0, 0.05) is 43.2 Å². The van der Waals surface area contributed by atoms with Crippen molar-refractivity contribution in [3.05, 3.63) is 29.8 Å². The van der Waals surface area contributed by atoms with Gasteiger partial charge in [0.05, 0.1) is 11.1 Å². The van der Waals surface area contributed by atoms with Gasteiger partial charge in [0.15, 0.2) is 0 Å². The van der Waals surface area contributed by atoms with E-state index in [1.165, 1.54) is 0 Å². The average molecular weight is 368 g/mol. The quantitative estimate of drug-likeness (QED) is 0.862. The average Bonchev–Trinajstić information content (AvgIpc) is 2.59. The lowest BCUT2D eigenvalue weighted by Gasteiger charge is -2.33. The van der Waals surface area contributed by atoms with E-state index in [0.717, 1.165) is 45.4 Å². The summed E-state index contributed by atoms with van der Waals surface area (Å²) in [6, 6.07) is 6.95. The highest BCUT2D eigenvalue weighted by Gasteiger charge is 2.25. The first-order chi connectivity index (χ1) is 13.0. The molecule has 27 heavy (non-hydrogen) atoms. The van der Waals surface area contributed by atoms with E-state index in [1.54, 1.807) is 24.3 Å². The minimum Gasteiger partial charge on any atom is -0.478 e. The predicted molar refractivity (Wildman–Crippen MR) is 104 cm³/mol. The molecule has 142 valence electrons. The maximum atomic E-state index is 12.2. The Hall–Kier alpha value is -2.67. The third kappa shape index (κ3) is 3.60. The minimum atomic E-state index is -0.986. The second-order valence-corrected chi connectivity index (χ2v) is 7.47. The van der Waals surface area contributed by atoms with Crippen molar-refractivity contribution in [2.75, 3.05) is 43.4 Å². The molecule has 1 aromatic carbocycles. The van der Waals surface area contributed by atoms with Crippen LogP contribution in [0.15, 0.2) is 24.3 Å². The van der Waals surface area contributed by atoms with Crippen molar-refractivity contribution in [2.24, 2.45) is 5.92 Å². The number of carbonyl (C=O) groups excluding carboxylic acids is 1. The van der Waals surface area contributed by atoms with Crippen LogP contribution in [0.1, 0.15) is 29.6 Å². The van der Waals surface area contributed by atoms with Crippen molar-refractivity contribution >= 4 is 34.3 Å². The van der Waals surface area contributed by atoms with Crippen LogP contribution < -0.4 is 10.2 Å². The molecule has 0 radical (unpaired) electrons. The highest BCUT2D eigenvalue weighted by atomic mass is 16.4. The Morgan fingerprint density at radius 2 is 1.89 bits per heavy atom. The van der Waals surface area contributed by atoms with Crippen LogP contribution in [0.2, 0.25) is 0 Å². The number of aromatic nitrogens is 1. The highest BCUT2D eigenvalue weighted by molar-refractivity contribution is 6.05. The van der Waals surface area contributed by atoms with Crippen LogP contribution in [0, 0.1) is 5.92 Å². The number of hydrogen-bond acceptors (Lipinski definition) is 5. The molecule has 1 saturated carbocycles. The van der Waals surface area contributed by atoms with Gasteiger partial charge in [-0.1, -0.05) is 6.42 Å². The molecule has 2 heterocycles. The third-order valence-corrected chi connectivity index (χ3v) is 5.60. The SMILES string of the molecule is CN1CCN(c2cc(C(=O)O)c3cc(NC(=O)C4CCC4)ccc3n2)CC1. The normalized spacial score (nSPS) is 18.3. The van der Waals surface area contributed by atoms with Crippen LogP contribution >= 0.6 is 0 Å². The van der Waals surface area contributed by atoms with Gasteiger partial charge < -0.3 is 20.2 Å². The Bertz CT molecular complexity index is 886. The lowest BCUT2D eigenvalue weighted by Crippen LogP contribution is -2.44. The molecule has 2 fully saturated rings. The lowest BCUT2D eigenvalue weighted by atomic mass is 9.85. The van der Waals surface area contributed by atoms with Crippen LogP contribution in [-0.4, -0.2) is 60.1 Å². The molecule has 0 atom stereocenters. The smallest absolute Gasteiger partial charge is 0.336 e. The maximum Gasteiger partial charge on any atom is 0.336 e. The van der Waals surface area contributed by atoms with Crippen molar-refractivity contribution < 1.29 is 14.7 Å². The fourth-order valence-electron chi connectivity index (χ4n) is 3.58. The lowest BCUT2D eigenvalue weighted by molar-refractivity contribution is -0.122. The number of carbonyl (C=O) groups is 2. The topological polar surface area (TPSA) is 85.8 Å². The van der Waals surface area contributed by atoms with Gasteiger partial charge >= 0.3 is 5.97 Å². The molecule has 2 aliphatic rings. The molecule has 0 spiro atoms. The van der Waals surface area contributed by atoms with Gasteiger partial charge in [0.1, 0.15) is 5.82 Å². The fraction of sp³-hybridized carbons (Fsp3) is 0.450. The zero-order valence-electron chi connectivity index (χ0n) is 15.4. The molecule has 0 bridgehead atoms. The van der Waals surface area contributed by atoms with Crippen molar-refractivity contribution in [3.63, 3.8) is 0 Å². The number of likely N-dealkylation sites (N-methyl/N-ethyl adjacent to an activating group) is 1. The molecule has 1 aliphatic heterocycles. The Morgan fingerprint density at radius 3 is 2.52 bits per heavy atom. The van der Waals surface area contributed by atoms with E-state index >= 15 is 0 Å². The number of pyridine rings is 1. The van der Waals surface area contributed by atoms with E-state index in [4.69, 9.17) is 0 Å². The molecule has 1 saturated heterocycles. The number of carboxylic acid groups (broad SMARTS) is 1. The number of piperazine rings is 1. The van der Waals surface area contributed by atoms with E-state index in [0.29, 0.717) is 22.4 Å². The number of carboxylic acids is 1. The summed E-state index contributed by atoms with van der Waals surface area (Å²) < 4.78 is 0. The summed E-state index contributed by atoms with van der Waals surface area (Å²) in [4.78, 5) is 33.1. The van der Waals surface area contributed by atoms with Gasteiger partial charge in [0.25, 0.3) is 0 Å². The molecule has 0 unspecified atom stereocenters. The van der Waals surface area contributed by atoms with E-state index in [9.17, 15) is 14.7 Å². The molecular weight excluding hydrogens is 344 g/mol. The molecule has 2 aromatic rings. The number of hydrogen-bond donors (Lipinski definition) is 2. The first-order valence-corrected chi connectivity index (χ1v) is 9.44. The van der Waals surface area contributed by atoms with Crippen molar-refractivity contribution in [1.29, 1.82) is 0 Å². The standard InChI is InChI=1S/C20H24N4O3/c1-23-7-9-24(10-8-23)18-12-16(20(26)27)15-11-14(5-6-17(15)22-18)21-19(25)13-3-2-4-13/h5-6,11-13H,2-4,7-10H2,1H3,(H,21,25)(H,26,27). The van der Waals surface area contributed by atoms with Gasteiger partial charge in [-0.2, -0.15) is 0 Å². The Balaban J connectivity index is 1.66. The number of anilines is 2. The molecule has 4 rings (SSSR count). The fourth-order valence-corrected chi connectivity index (χ4v) is 3.58. The first kappa shape index (κ1) is 17.7. The summed E-state index contributed by atoms with van der Waals surface area (Å²) in [7, 11) is 2.08. The number of amides is 1. The number of fused-ring (bicyclic) bond motifs is 1. The van der Waals surface area contributed by atoms with Crippen molar-refractivity contribution in [2.45, 2.75) is 19.3 Å². The number of benzene rings is 1. The van der Waals surface area contributed by atoms with Crippen LogP contribution in [0.25, 0.3) is 10.9 Å². The molecule has 7 nitrogen and oxygen atoms in total. The number of aromatic carboxylic acids is 1. The minimum absolute atomic E-state index is 0.0134. The van der Waals surface area contributed by atoms with Crippen LogP contribution in [0.4, 0.5) is 11.5 Å². The van der Waals surface area contributed by atoms with Crippen LogP contribution in [0.5, 0.6) is 0 Å². The zero-order valence-corrected chi connectivity index (χ0v) is 15.4. The van der Waals surface area contributed by atoms with Gasteiger partial charge in [-0.05, 0) is 44.2 Å². The van der Waals surface area contributed by atoms with Gasteiger partial charge in [0.2, 0.25) is 5.91 Å². The number of nitrogens with one attached hydrogen (secondary N) is 1. The number of nitrogens with zero attached hydrogens (tertiary/aromatic N) is 3. The van der Waals surface area contributed by atoms with Crippen LogP contribution in [-0.2, 0) is 4.79 Å². The van der Waals surface area contributed by atoms with Crippen molar-refractivity contribution in [3.8, 4) is 0 Å². The summed E-state index contributed by atoms with van der Waals surface area (Å²) >= 11 is 0. The summed E-state index contributed by atoms with van der Waals surface area (Å²) in [6.45, 7) is 3.50. The van der Waals surface area contributed by atoms with E-state index < -0.39 is 5.97 Å². The van der Waals surface area contributed by atoms with Crippen LogP contribution in [0.3, 0.4) is 0 Å². The Labute approximate surface area is 158 Å². The summed E-state index contributed by atoms with van der Waals surface area (Å²) in [5.74, 6) is -0.198. The largest absolute Gasteiger partial charge is 0.478 e. The monoisotopic (exact) mass is 368 g/mol. The maximum absolute atomic E-state index is 12.2. The number of rotatable bonds is 4. The molecule has 2 N–H and O–H groups in total. The van der Waals surface area contributed by atoms with Crippen molar-refractivity contribution in [1.82, 2.24) is 9.88 Å². The third-order valence-electron chi connectivity index (χ3n) is 5.60. The summed E-state index contributed by atoms with van der Waals surface area (Å²) in [5, 5.41) is 13.2. The molecule has 1 amide bonds.